The van der Waals surface area contributed by atoms with Crippen molar-refractivity contribution in [3.8, 4) is 6.07 Å². The van der Waals surface area contributed by atoms with E-state index in [-0.39, 0.29) is 12.1 Å². The minimum Gasteiger partial charge on any atom is -0.478 e. The first-order valence-corrected chi connectivity index (χ1v) is 5.99. The van der Waals surface area contributed by atoms with Crippen LogP contribution in [0.1, 0.15) is 21.8 Å². The largest absolute Gasteiger partial charge is 0.478 e. The normalized spacial score (nSPS) is 10.6. The number of carbonyl (C=O) groups is 1. The molecule has 0 atom stereocenters. The maximum atomic E-state index is 11.4. The van der Waals surface area contributed by atoms with E-state index < -0.39 is 5.97 Å². The lowest BCUT2D eigenvalue weighted by atomic mass is 10.1. The number of furan rings is 1. The van der Waals surface area contributed by atoms with Crippen LogP contribution in [0.4, 0.5) is 0 Å². The quantitative estimate of drug-likeness (QED) is 0.790. The van der Waals surface area contributed by atoms with Gasteiger partial charge in [0.15, 0.2) is 0 Å². The summed E-state index contributed by atoms with van der Waals surface area (Å²) in [7, 11) is 0. The first kappa shape index (κ1) is 12.1. The van der Waals surface area contributed by atoms with Gasteiger partial charge < -0.3 is 14.1 Å². The lowest BCUT2D eigenvalue weighted by Gasteiger charge is -2.02. The predicted molar refractivity (Wildman–Crippen MR) is 71.4 cm³/mol. The number of aromatic carboxylic acids is 1. The summed E-state index contributed by atoms with van der Waals surface area (Å²) in [5, 5.41) is 18.9. The Morgan fingerprint density at radius 3 is 2.85 bits per heavy atom. The van der Waals surface area contributed by atoms with Crippen molar-refractivity contribution in [3.05, 3.63) is 59.6 Å². The van der Waals surface area contributed by atoms with Crippen molar-refractivity contribution in [2.75, 3.05) is 0 Å². The number of carboxylic acid groups (broad SMARTS) is 1. The highest BCUT2D eigenvalue weighted by atomic mass is 16.4. The number of nitriles is 1. The molecule has 0 amide bonds. The molecule has 0 fully saturated rings. The fourth-order valence-electron chi connectivity index (χ4n) is 2.25. The number of nitrogens with zero attached hydrogens (tertiary/aromatic N) is 2. The van der Waals surface area contributed by atoms with E-state index in [0.29, 0.717) is 22.4 Å². The minimum absolute atomic E-state index is 0.151. The lowest BCUT2D eigenvalue weighted by molar-refractivity contribution is 0.0696. The predicted octanol–water partition coefficient (Wildman–Crippen LogP) is 2.85. The van der Waals surface area contributed by atoms with E-state index >= 15 is 0 Å². The standard InChI is InChI=1S/C15H10N2O3/c16-8-10-4-3-7-17(10)9-13-14(15(18)19)11-5-1-2-6-12(11)20-13/h1-7H,9H2,(H,18,19). The summed E-state index contributed by atoms with van der Waals surface area (Å²) < 4.78 is 7.28. The molecule has 0 unspecified atom stereocenters. The van der Waals surface area contributed by atoms with Crippen molar-refractivity contribution in [2.45, 2.75) is 6.54 Å². The van der Waals surface area contributed by atoms with E-state index in [2.05, 4.69) is 6.07 Å². The summed E-state index contributed by atoms with van der Waals surface area (Å²) in [5.41, 5.74) is 1.14. The molecule has 2 heterocycles. The first-order chi connectivity index (χ1) is 9.70. The summed E-state index contributed by atoms with van der Waals surface area (Å²) in [6.07, 6.45) is 1.72. The maximum absolute atomic E-state index is 11.4. The summed E-state index contributed by atoms with van der Waals surface area (Å²) in [6.45, 7) is 0.214. The second-order valence-electron chi connectivity index (χ2n) is 4.33. The maximum Gasteiger partial charge on any atom is 0.339 e. The highest BCUT2D eigenvalue weighted by molar-refractivity contribution is 6.03. The Labute approximate surface area is 114 Å². The molecule has 0 saturated heterocycles. The molecular weight excluding hydrogens is 256 g/mol. The molecule has 0 bridgehead atoms. The Hall–Kier alpha value is -3.00. The van der Waals surface area contributed by atoms with Crippen molar-refractivity contribution in [1.82, 2.24) is 4.57 Å². The van der Waals surface area contributed by atoms with Crippen LogP contribution in [-0.2, 0) is 6.54 Å². The lowest BCUT2D eigenvalue weighted by Crippen LogP contribution is -2.05. The Morgan fingerprint density at radius 1 is 1.30 bits per heavy atom. The molecule has 0 radical (unpaired) electrons. The van der Waals surface area contributed by atoms with Crippen LogP contribution in [0.15, 0.2) is 47.0 Å². The molecule has 3 rings (SSSR count). The smallest absolute Gasteiger partial charge is 0.339 e. The van der Waals surface area contributed by atoms with Gasteiger partial charge in [-0.25, -0.2) is 4.79 Å². The van der Waals surface area contributed by atoms with Crippen LogP contribution in [0, 0.1) is 11.3 Å². The molecule has 0 aliphatic rings. The summed E-state index contributed by atoms with van der Waals surface area (Å²) >= 11 is 0. The third kappa shape index (κ3) is 1.84. The van der Waals surface area contributed by atoms with Crippen LogP contribution >= 0.6 is 0 Å². The van der Waals surface area contributed by atoms with Gasteiger partial charge in [0, 0.05) is 11.6 Å². The number of fused-ring (bicyclic) bond motifs is 1. The Morgan fingerprint density at radius 2 is 2.10 bits per heavy atom. The van der Waals surface area contributed by atoms with Crippen LogP contribution in [0.5, 0.6) is 0 Å². The average molecular weight is 266 g/mol. The number of hydrogen-bond acceptors (Lipinski definition) is 3. The van der Waals surface area contributed by atoms with E-state index in [1.54, 1.807) is 47.2 Å². The summed E-state index contributed by atoms with van der Waals surface area (Å²) in [6, 6.07) is 12.5. The van der Waals surface area contributed by atoms with E-state index in [9.17, 15) is 9.90 Å². The van der Waals surface area contributed by atoms with Crippen LogP contribution < -0.4 is 0 Å². The van der Waals surface area contributed by atoms with Gasteiger partial charge in [0.2, 0.25) is 0 Å². The zero-order valence-electron chi connectivity index (χ0n) is 10.4. The third-order valence-electron chi connectivity index (χ3n) is 3.14. The van der Waals surface area contributed by atoms with Crippen LogP contribution in [0.2, 0.25) is 0 Å². The van der Waals surface area contributed by atoms with Gasteiger partial charge in [-0.2, -0.15) is 5.26 Å². The van der Waals surface area contributed by atoms with Gasteiger partial charge in [-0.05, 0) is 18.2 Å². The molecule has 5 nitrogen and oxygen atoms in total. The fraction of sp³-hybridized carbons (Fsp3) is 0.0667. The topological polar surface area (TPSA) is 79.2 Å². The van der Waals surface area contributed by atoms with E-state index in [1.807, 2.05) is 0 Å². The molecule has 3 aromatic rings. The SMILES string of the molecule is N#Cc1cccn1Cc1oc2ccccc2c1C(=O)O. The van der Waals surface area contributed by atoms with Crippen LogP contribution in [0.25, 0.3) is 11.0 Å². The molecule has 98 valence electrons. The van der Waals surface area contributed by atoms with Gasteiger partial charge >= 0.3 is 5.97 Å². The molecule has 0 saturated carbocycles. The Balaban J connectivity index is 2.14. The Bertz CT molecular complexity index is 836. The number of benzene rings is 1. The number of hydrogen-bond donors (Lipinski definition) is 1. The van der Waals surface area contributed by atoms with Gasteiger partial charge in [0.1, 0.15) is 28.7 Å². The molecule has 0 aliphatic carbocycles. The highest BCUT2D eigenvalue weighted by Gasteiger charge is 2.20. The van der Waals surface area contributed by atoms with Gasteiger partial charge in [0.05, 0.1) is 6.54 Å². The second kappa shape index (κ2) is 4.59. The van der Waals surface area contributed by atoms with Crippen molar-refractivity contribution in [1.29, 1.82) is 5.26 Å². The van der Waals surface area contributed by atoms with Crippen molar-refractivity contribution in [2.24, 2.45) is 0 Å². The number of rotatable bonds is 3. The number of carboxylic acids is 1. The van der Waals surface area contributed by atoms with Gasteiger partial charge in [-0.1, -0.05) is 18.2 Å². The number of para-hydroxylation sites is 1. The third-order valence-corrected chi connectivity index (χ3v) is 3.14. The molecule has 0 aliphatic heterocycles. The van der Waals surface area contributed by atoms with E-state index in [4.69, 9.17) is 9.68 Å². The highest BCUT2D eigenvalue weighted by Crippen LogP contribution is 2.26. The van der Waals surface area contributed by atoms with Gasteiger partial charge in [-0.3, -0.25) is 0 Å². The summed E-state index contributed by atoms with van der Waals surface area (Å²) in [4.78, 5) is 11.4. The van der Waals surface area contributed by atoms with Crippen molar-refractivity contribution in [3.63, 3.8) is 0 Å². The van der Waals surface area contributed by atoms with Crippen LogP contribution in [0.3, 0.4) is 0 Å². The molecule has 1 aromatic carbocycles. The molecule has 0 spiro atoms. The fourth-order valence-corrected chi connectivity index (χ4v) is 2.25. The molecule has 1 N–H and O–H groups in total. The van der Waals surface area contributed by atoms with E-state index in [0.717, 1.165) is 0 Å². The zero-order chi connectivity index (χ0) is 14.1. The average Bonchev–Trinajstić information content (AvgIpc) is 3.02. The molecule has 5 heteroatoms. The van der Waals surface area contributed by atoms with Crippen molar-refractivity contribution >= 4 is 16.9 Å². The minimum atomic E-state index is -1.03. The Kier molecular flexibility index (Phi) is 2.77. The number of aromatic nitrogens is 1. The van der Waals surface area contributed by atoms with E-state index in [1.165, 1.54) is 0 Å². The van der Waals surface area contributed by atoms with Gasteiger partial charge in [-0.15, -0.1) is 0 Å². The zero-order valence-corrected chi connectivity index (χ0v) is 10.4. The molecule has 2 aromatic heterocycles. The monoisotopic (exact) mass is 266 g/mol. The molecular formula is C15H10N2O3. The van der Waals surface area contributed by atoms with Crippen LogP contribution in [-0.4, -0.2) is 15.6 Å². The first-order valence-electron chi connectivity index (χ1n) is 5.99. The van der Waals surface area contributed by atoms with Gasteiger partial charge in [0.25, 0.3) is 0 Å². The molecule has 20 heavy (non-hydrogen) atoms. The van der Waals surface area contributed by atoms with Crippen molar-refractivity contribution < 1.29 is 14.3 Å². The second-order valence-corrected chi connectivity index (χ2v) is 4.33. The summed E-state index contributed by atoms with van der Waals surface area (Å²) in [5.74, 6) is -0.693.